The third-order valence-electron chi connectivity index (χ3n) is 8.51. The lowest BCUT2D eigenvalue weighted by Gasteiger charge is -2.40. The van der Waals surface area contributed by atoms with Gasteiger partial charge in [-0.05, 0) is 50.3 Å². The van der Waals surface area contributed by atoms with Crippen molar-refractivity contribution in [2.75, 3.05) is 24.7 Å². The Bertz CT molecular complexity index is 1260. The number of aliphatic hydroxyl groups is 1. The van der Waals surface area contributed by atoms with Gasteiger partial charge in [0.15, 0.2) is 0 Å². The predicted molar refractivity (Wildman–Crippen MR) is 146 cm³/mol. The molecule has 8 nitrogen and oxygen atoms in total. The number of nitrogens with zero attached hydrogens (tertiary/aromatic N) is 2. The molecule has 1 N–H and O–H groups in total. The molecule has 206 valence electrons. The second-order valence-corrected chi connectivity index (χ2v) is 10.6. The van der Waals surface area contributed by atoms with Gasteiger partial charge in [-0.25, -0.2) is 0 Å². The number of ether oxygens (including phenoxy) is 2. The van der Waals surface area contributed by atoms with Crippen molar-refractivity contribution in [1.82, 2.24) is 4.90 Å². The van der Waals surface area contributed by atoms with E-state index in [0.29, 0.717) is 18.4 Å². The van der Waals surface area contributed by atoms with Crippen LogP contribution in [0.4, 0.5) is 5.69 Å². The van der Waals surface area contributed by atoms with E-state index < -0.39 is 41.6 Å². The number of esters is 1. The number of para-hydroxylation sites is 1. The molecule has 3 saturated heterocycles. The highest BCUT2D eigenvalue weighted by Crippen LogP contribution is 2.60. The molecule has 2 bridgehead atoms. The number of aryl methyl sites for hydroxylation is 2. The lowest BCUT2D eigenvalue weighted by molar-refractivity contribution is -0.155. The molecule has 3 aliphatic heterocycles. The maximum Gasteiger partial charge on any atom is 0.312 e. The van der Waals surface area contributed by atoms with Crippen molar-refractivity contribution in [1.29, 1.82) is 0 Å². The van der Waals surface area contributed by atoms with Crippen LogP contribution in [0, 0.1) is 25.7 Å². The number of carbonyl (C=O) groups excluding carboxylic acids is 3. The largest absolute Gasteiger partial charge is 0.466 e. The summed E-state index contributed by atoms with van der Waals surface area (Å²) in [6, 6.07) is 13.2. The zero-order valence-corrected chi connectivity index (χ0v) is 22.7. The molecular formula is C31H36N2O6. The smallest absolute Gasteiger partial charge is 0.312 e. The fraction of sp³-hybridized carbons (Fsp3) is 0.452. The molecule has 0 unspecified atom stereocenters. The van der Waals surface area contributed by atoms with E-state index in [9.17, 15) is 19.5 Å². The van der Waals surface area contributed by atoms with Crippen molar-refractivity contribution in [2.45, 2.75) is 57.4 Å². The Morgan fingerprint density at radius 3 is 2.51 bits per heavy atom. The molecule has 1 spiro atoms. The molecule has 5 rings (SSSR count). The van der Waals surface area contributed by atoms with Crippen LogP contribution in [-0.2, 0) is 23.9 Å². The molecular weight excluding hydrogens is 496 g/mol. The van der Waals surface area contributed by atoms with E-state index in [0.717, 1.165) is 16.8 Å². The van der Waals surface area contributed by atoms with Gasteiger partial charge in [-0.15, -0.1) is 6.58 Å². The van der Waals surface area contributed by atoms with E-state index in [2.05, 4.69) is 6.58 Å². The fourth-order valence-corrected chi connectivity index (χ4v) is 7.04. The van der Waals surface area contributed by atoms with Crippen molar-refractivity contribution >= 4 is 23.5 Å². The average molecular weight is 533 g/mol. The minimum atomic E-state index is -1.20. The van der Waals surface area contributed by atoms with Gasteiger partial charge in [-0.3, -0.25) is 14.4 Å². The number of likely N-dealkylation sites (tertiary alicyclic amines) is 1. The number of amides is 2. The highest BCUT2D eigenvalue weighted by molar-refractivity contribution is 6.05. The summed E-state index contributed by atoms with van der Waals surface area (Å²) in [4.78, 5) is 45.4. The molecule has 0 aliphatic carbocycles. The molecule has 39 heavy (non-hydrogen) atoms. The molecule has 0 aromatic heterocycles. The molecule has 2 aromatic carbocycles. The quantitative estimate of drug-likeness (QED) is 0.392. The van der Waals surface area contributed by atoms with E-state index in [-0.39, 0.29) is 31.6 Å². The first-order valence-corrected chi connectivity index (χ1v) is 13.6. The van der Waals surface area contributed by atoms with Gasteiger partial charge in [0.05, 0.1) is 37.2 Å². The highest BCUT2D eigenvalue weighted by atomic mass is 16.6. The molecule has 6 atom stereocenters. The van der Waals surface area contributed by atoms with E-state index >= 15 is 0 Å². The molecule has 3 fully saturated rings. The monoisotopic (exact) mass is 532 g/mol. The van der Waals surface area contributed by atoms with E-state index in [1.165, 1.54) is 4.90 Å². The van der Waals surface area contributed by atoms with Gasteiger partial charge in [-0.2, -0.15) is 0 Å². The van der Waals surface area contributed by atoms with Crippen molar-refractivity contribution in [3.63, 3.8) is 0 Å². The second kappa shape index (κ2) is 10.6. The highest BCUT2D eigenvalue weighted by Gasteiger charge is 2.75. The summed E-state index contributed by atoms with van der Waals surface area (Å²) in [5.41, 5.74) is 2.08. The molecule has 3 heterocycles. The summed E-state index contributed by atoms with van der Waals surface area (Å²) in [5, 5.41) is 10.6. The predicted octanol–water partition coefficient (Wildman–Crippen LogP) is 3.49. The zero-order valence-electron chi connectivity index (χ0n) is 22.7. The van der Waals surface area contributed by atoms with E-state index in [4.69, 9.17) is 9.47 Å². The summed E-state index contributed by atoms with van der Waals surface area (Å²) in [6.45, 7) is 9.53. The topological polar surface area (TPSA) is 96.4 Å². The van der Waals surface area contributed by atoms with Crippen LogP contribution in [0.3, 0.4) is 0 Å². The number of rotatable bonds is 9. The number of anilines is 1. The minimum Gasteiger partial charge on any atom is -0.466 e. The Kier molecular flexibility index (Phi) is 7.35. The first-order valence-electron chi connectivity index (χ1n) is 13.6. The Hall–Kier alpha value is -3.49. The van der Waals surface area contributed by atoms with Crippen molar-refractivity contribution in [2.24, 2.45) is 11.8 Å². The normalized spacial score (nSPS) is 27.8. The summed E-state index contributed by atoms with van der Waals surface area (Å²) < 4.78 is 11.9. The lowest BCUT2D eigenvalue weighted by atomic mass is 9.70. The zero-order chi connectivity index (χ0) is 27.9. The van der Waals surface area contributed by atoms with Crippen molar-refractivity contribution in [3.8, 4) is 0 Å². The number of fused-ring (bicyclic) bond motifs is 1. The molecule has 3 aliphatic rings. The summed E-state index contributed by atoms with van der Waals surface area (Å²) >= 11 is 0. The average Bonchev–Trinajstić information content (AvgIpc) is 3.57. The number of benzene rings is 2. The van der Waals surface area contributed by atoms with E-state index in [1.807, 2.05) is 62.4 Å². The summed E-state index contributed by atoms with van der Waals surface area (Å²) in [5.74, 6) is -2.83. The first-order chi connectivity index (χ1) is 18.8. The van der Waals surface area contributed by atoms with Crippen LogP contribution in [0.15, 0.2) is 61.2 Å². The van der Waals surface area contributed by atoms with Gasteiger partial charge in [-0.1, -0.05) is 54.6 Å². The van der Waals surface area contributed by atoms with Crippen molar-refractivity contribution < 1.29 is 29.0 Å². The number of hydrogen-bond acceptors (Lipinski definition) is 6. The molecule has 8 heteroatoms. The van der Waals surface area contributed by atoms with Gasteiger partial charge in [0.25, 0.3) is 5.91 Å². The van der Waals surface area contributed by atoms with Crippen LogP contribution in [0.1, 0.15) is 42.5 Å². The van der Waals surface area contributed by atoms with Gasteiger partial charge >= 0.3 is 5.97 Å². The second-order valence-electron chi connectivity index (χ2n) is 10.6. The minimum absolute atomic E-state index is 0.186. The maximum absolute atomic E-state index is 14.8. The number of aliphatic hydroxyl groups excluding tert-OH is 1. The van der Waals surface area contributed by atoms with Gasteiger partial charge in [0.1, 0.15) is 11.6 Å². The van der Waals surface area contributed by atoms with Crippen LogP contribution in [0.2, 0.25) is 0 Å². The summed E-state index contributed by atoms with van der Waals surface area (Å²) in [7, 11) is 0. The van der Waals surface area contributed by atoms with Crippen LogP contribution in [0.25, 0.3) is 0 Å². The number of hydrogen-bond donors (Lipinski definition) is 1. The SMILES string of the molecule is C=CCN(C(=O)[C@H]1N([C@H](CO)c2ccccc2)C(=O)[C@@H]2[C@@H](C(=O)OCC)[C@H]3CC[C@]21O3)c1c(C)cccc1C. The molecule has 2 aromatic rings. The molecule has 0 radical (unpaired) electrons. The first kappa shape index (κ1) is 27.1. The van der Waals surface area contributed by atoms with Gasteiger partial charge in [0.2, 0.25) is 5.91 Å². The van der Waals surface area contributed by atoms with E-state index in [1.54, 1.807) is 17.9 Å². The third-order valence-corrected chi connectivity index (χ3v) is 8.51. The maximum atomic E-state index is 14.8. The Morgan fingerprint density at radius 1 is 1.21 bits per heavy atom. The Morgan fingerprint density at radius 2 is 1.90 bits per heavy atom. The van der Waals surface area contributed by atoms with Crippen LogP contribution in [0.5, 0.6) is 0 Å². The van der Waals surface area contributed by atoms with Gasteiger partial charge < -0.3 is 24.4 Å². The Labute approximate surface area is 229 Å². The Balaban J connectivity index is 1.67. The van der Waals surface area contributed by atoms with Crippen LogP contribution >= 0.6 is 0 Å². The third kappa shape index (κ3) is 4.17. The fourth-order valence-electron chi connectivity index (χ4n) is 7.04. The summed E-state index contributed by atoms with van der Waals surface area (Å²) in [6.07, 6.45) is 2.17. The van der Waals surface area contributed by atoms with Crippen LogP contribution in [-0.4, -0.2) is 65.3 Å². The molecule has 0 saturated carbocycles. The van der Waals surface area contributed by atoms with Crippen LogP contribution < -0.4 is 4.90 Å². The lowest BCUT2D eigenvalue weighted by Crippen LogP contribution is -2.57. The van der Waals surface area contributed by atoms with Crippen molar-refractivity contribution in [3.05, 3.63) is 77.9 Å². The molecule has 2 amide bonds. The van der Waals surface area contributed by atoms with Gasteiger partial charge in [0, 0.05) is 12.2 Å². The standard InChI is InChI=1S/C31H36N2O6/c1-5-17-32(26-19(3)11-10-12-20(26)4)29(36)27-31-16-15-23(39-31)24(30(37)38-6-2)25(31)28(35)33(27)22(18-34)21-13-8-7-9-14-21/h5,7-14,22-25,27,34H,1,6,15-18H2,2-4H3/t22-,23-,24+,25+,27-,31+/m1/s1. The number of carbonyl (C=O) groups is 3.